The third-order valence-corrected chi connectivity index (χ3v) is 8.09. The van der Waals surface area contributed by atoms with Crippen molar-refractivity contribution in [1.82, 2.24) is 20.4 Å². The van der Waals surface area contributed by atoms with Crippen molar-refractivity contribution in [2.24, 2.45) is 0 Å². The van der Waals surface area contributed by atoms with Crippen LogP contribution in [0.3, 0.4) is 0 Å². The number of nitrogens with zero attached hydrogens (tertiary/aromatic N) is 3. The summed E-state index contributed by atoms with van der Waals surface area (Å²) in [6, 6.07) is 33.8. The molecule has 0 atom stereocenters. The lowest BCUT2D eigenvalue weighted by Crippen LogP contribution is -2.34. The highest BCUT2D eigenvalue weighted by atomic mass is 16.7. The minimum Gasteiger partial charge on any atom is -0.402 e. The van der Waals surface area contributed by atoms with Crippen molar-refractivity contribution in [3.05, 3.63) is 143 Å². The van der Waals surface area contributed by atoms with Crippen LogP contribution in [0.25, 0.3) is 44.0 Å². The molecule has 2 N–H and O–H groups in total. The molecule has 4 aromatic carbocycles. The lowest BCUT2D eigenvalue weighted by molar-refractivity contribution is -0.0509. The van der Waals surface area contributed by atoms with E-state index in [-0.39, 0.29) is 23.2 Å². The van der Waals surface area contributed by atoms with E-state index >= 15 is 0 Å². The highest BCUT2D eigenvalue weighted by molar-refractivity contribution is 6.14. The van der Waals surface area contributed by atoms with E-state index in [1.54, 1.807) is 36.5 Å². The minimum atomic E-state index is -0.476. The number of hydroxylamine groups is 1. The van der Waals surface area contributed by atoms with Crippen molar-refractivity contribution in [3.63, 3.8) is 0 Å². The van der Waals surface area contributed by atoms with E-state index < -0.39 is 11.5 Å². The van der Waals surface area contributed by atoms with Crippen LogP contribution in [0.15, 0.2) is 131 Å². The largest absolute Gasteiger partial charge is 0.402 e. The van der Waals surface area contributed by atoms with E-state index in [1.165, 1.54) is 6.20 Å². The Morgan fingerprint density at radius 2 is 1.42 bits per heavy atom. The molecule has 1 saturated carbocycles. The normalized spacial score (nSPS) is 12.6. The third-order valence-electron chi connectivity index (χ3n) is 8.09. The first kappa shape index (κ1) is 30.4. The average molecular weight is 636 g/mol. The molecule has 0 radical (unpaired) electrons. The maximum Gasteiger partial charge on any atom is 0.365 e. The Hall–Kier alpha value is -6.26. The molecule has 3 heterocycles. The third kappa shape index (κ3) is 6.37. The van der Waals surface area contributed by atoms with Gasteiger partial charge in [0.1, 0.15) is 5.52 Å². The van der Waals surface area contributed by atoms with Crippen molar-refractivity contribution in [1.29, 1.82) is 0 Å². The maximum absolute atomic E-state index is 12.8. The molecule has 10 heteroatoms. The Kier molecular flexibility index (Phi) is 8.62. The zero-order chi connectivity index (χ0) is 32.9. The van der Waals surface area contributed by atoms with Crippen LogP contribution < -0.4 is 16.4 Å². The molecule has 2 amide bonds. The zero-order valence-electron chi connectivity index (χ0n) is 25.6. The van der Waals surface area contributed by atoms with Crippen molar-refractivity contribution < 1.29 is 18.8 Å². The van der Waals surface area contributed by atoms with E-state index in [0.717, 1.165) is 46.4 Å². The number of hydrogen-bond donors (Lipinski definition) is 2. The molecule has 236 valence electrons. The van der Waals surface area contributed by atoms with Gasteiger partial charge in [0.05, 0.1) is 11.8 Å². The summed E-state index contributed by atoms with van der Waals surface area (Å²) in [7, 11) is 0. The van der Waals surface area contributed by atoms with Crippen LogP contribution in [0.1, 0.15) is 40.1 Å². The summed E-state index contributed by atoms with van der Waals surface area (Å²) in [5, 5.41) is 6.69. The number of fused-ring (bicyclic) bond motifs is 3. The number of amides is 2. The Morgan fingerprint density at radius 3 is 2.21 bits per heavy atom. The van der Waals surface area contributed by atoms with Crippen LogP contribution >= 0.6 is 0 Å². The molecule has 0 spiro atoms. The van der Waals surface area contributed by atoms with Crippen LogP contribution in [0, 0.1) is 0 Å². The molecule has 3 aromatic heterocycles. The summed E-state index contributed by atoms with van der Waals surface area (Å²) in [5.41, 5.74) is 4.54. The number of carbonyl (C=O) groups excluding carboxylic acids is 2. The first-order chi connectivity index (χ1) is 23.5. The molecule has 8 rings (SSSR count). The van der Waals surface area contributed by atoms with Gasteiger partial charge < -0.3 is 9.73 Å². The zero-order valence-corrected chi connectivity index (χ0v) is 25.6. The number of nitrogens with one attached hydrogen (secondary N) is 2. The number of aromatic nitrogens is 3. The van der Waals surface area contributed by atoms with Gasteiger partial charge in [-0.15, -0.1) is 0 Å². The van der Waals surface area contributed by atoms with E-state index in [1.807, 2.05) is 78.9 Å². The van der Waals surface area contributed by atoms with Gasteiger partial charge in [-0.1, -0.05) is 72.8 Å². The van der Waals surface area contributed by atoms with E-state index in [0.29, 0.717) is 22.7 Å². The molecule has 10 nitrogen and oxygen atoms in total. The number of hydrogen-bond acceptors (Lipinski definition) is 8. The molecule has 0 unspecified atom stereocenters. The number of anilines is 1. The quantitative estimate of drug-likeness (QED) is 0.185. The first-order valence-electron chi connectivity index (χ1n) is 15.5. The first-order valence-corrected chi connectivity index (χ1v) is 15.5. The van der Waals surface area contributed by atoms with Gasteiger partial charge in [-0.05, 0) is 77.2 Å². The van der Waals surface area contributed by atoms with Crippen molar-refractivity contribution in [3.8, 4) is 11.5 Å². The number of rotatable bonds is 6. The van der Waals surface area contributed by atoms with Crippen LogP contribution in [0.5, 0.6) is 0 Å². The van der Waals surface area contributed by atoms with Crippen LogP contribution in [-0.2, 0) is 4.84 Å². The van der Waals surface area contributed by atoms with Gasteiger partial charge in [0, 0.05) is 23.5 Å². The Morgan fingerprint density at radius 1 is 0.729 bits per heavy atom. The lowest BCUT2D eigenvalue weighted by Gasteiger charge is -2.24. The summed E-state index contributed by atoms with van der Waals surface area (Å²) in [4.78, 5) is 55.1. The lowest BCUT2D eigenvalue weighted by atomic mass is 9.97. The molecule has 7 aromatic rings. The molecule has 1 aliphatic carbocycles. The fraction of sp³-hybridized carbons (Fsp3) is 0.105. The molecule has 1 aliphatic rings. The molecule has 0 aliphatic heterocycles. The van der Waals surface area contributed by atoms with Gasteiger partial charge in [0.15, 0.2) is 11.2 Å². The fourth-order valence-corrected chi connectivity index (χ4v) is 5.41. The second-order valence-corrected chi connectivity index (χ2v) is 11.2. The summed E-state index contributed by atoms with van der Waals surface area (Å²) >= 11 is 0. The van der Waals surface area contributed by atoms with Gasteiger partial charge in [-0.25, -0.2) is 25.2 Å². The second-order valence-electron chi connectivity index (χ2n) is 11.2. The Labute approximate surface area is 274 Å². The van der Waals surface area contributed by atoms with E-state index in [4.69, 9.17) is 9.25 Å². The predicted molar refractivity (Wildman–Crippen MR) is 183 cm³/mol. The summed E-state index contributed by atoms with van der Waals surface area (Å²) in [5.74, 6) is -0.457. The molecule has 1 fully saturated rings. The highest BCUT2D eigenvalue weighted by Crippen LogP contribution is 2.27. The van der Waals surface area contributed by atoms with Crippen molar-refractivity contribution in [2.45, 2.75) is 25.4 Å². The van der Waals surface area contributed by atoms with E-state index in [2.05, 4.69) is 25.7 Å². The van der Waals surface area contributed by atoms with Gasteiger partial charge in [-0.2, -0.15) is 0 Å². The second kappa shape index (κ2) is 13.6. The summed E-state index contributed by atoms with van der Waals surface area (Å²) < 4.78 is 5.36. The number of carbonyl (C=O) groups is 2. The van der Waals surface area contributed by atoms with Gasteiger partial charge in [0.2, 0.25) is 5.89 Å². The van der Waals surface area contributed by atoms with Crippen molar-refractivity contribution in [2.75, 3.05) is 5.32 Å². The SMILES string of the molecule is O=C(NOC1CCC1)c1ncccc1NC(=O)c1cccc2ccccc12.O=c1oc(-c2cccc3ccccc23)nc2cccnc12. The van der Waals surface area contributed by atoms with Crippen LogP contribution in [0.4, 0.5) is 5.69 Å². The molecule has 0 bridgehead atoms. The van der Waals surface area contributed by atoms with Crippen molar-refractivity contribution >= 4 is 50.1 Å². The molecule has 48 heavy (non-hydrogen) atoms. The Balaban J connectivity index is 0.000000156. The summed E-state index contributed by atoms with van der Waals surface area (Å²) in [6.07, 6.45) is 6.10. The fourth-order valence-electron chi connectivity index (χ4n) is 5.41. The standard InChI is InChI=1S/C21H19N3O3.C17H10N2O2/c25-20(17-11-3-7-14-6-1-2-10-16(14)17)23-18-12-5-13-22-19(18)21(26)24-27-15-8-4-9-15;20-17-15-14(9-4-10-18-15)19-16(21-17)13-8-3-6-11-5-1-2-7-12(11)13/h1-3,5-7,10-13,15H,4,8-9H2,(H,23,25)(H,24,26);1-10H. The van der Waals surface area contributed by atoms with E-state index in [9.17, 15) is 14.4 Å². The maximum atomic E-state index is 12.8. The van der Waals surface area contributed by atoms with Gasteiger partial charge in [0.25, 0.3) is 11.8 Å². The van der Waals surface area contributed by atoms with Crippen LogP contribution in [0.2, 0.25) is 0 Å². The molecular weight excluding hydrogens is 606 g/mol. The minimum absolute atomic E-state index is 0.0615. The monoisotopic (exact) mass is 635 g/mol. The average Bonchev–Trinajstić information content (AvgIpc) is 3.11. The summed E-state index contributed by atoms with van der Waals surface area (Å²) in [6.45, 7) is 0. The highest BCUT2D eigenvalue weighted by Gasteiger charge is 2.22. The number of benzene rings is 4. The smallest absolute Gasteiger partial charge is 0.365 e. The molecule has 0 saturated heterocycles. The van der Waals surface area contributed by atoms with Gasteiger partial charge >= 0.3 is 5.63 Å². The topological polar surface area (TPSA) is 136 Å². The Bertz CT molecular complexity index is 2340. The number of pyridine rings is 2. The molecular formula is C38H29N5O5. The van der Waals surface area contributed by atoms with Crippen LogP contribution in [-0.4, -0.2) is 32.9 Å². The van der Waals surface area contributed by atoms with Gasteiger partial charge in [-0.3, -0.25) is 14.4 Å². The predicted octanol–water partition coefficient (Wildman–Crippen LogP) is 7.10.